The van der Waals surface area contributed by atoms with Gasteiger partial charge in [0.15, 0.2) is 0 Å². The third-order valence-electron chi connectivity index (χ3n) is 3.13. The van der Waals surface area contributed by atoms with E-state index in [4.69, 9.17) is 0 Å². The molecule has 1 atom stereocenters. The van der Waals surface area contributed by atoms with Crippen molar-refractivity contribution in [1.82, 2.24) is 10.4 Å². The molecule has 0 saturated carbocycles. The summed E-state index contributed by atoms with van der Waals surface area (Å²) in [5.74, 6) is 0. The average Bonchev–Trinajstić information content (AvgIpc) is 2.32. The van der Waals surface area contributed by atoms with Crippen LogP contribution in [0.2, 0.25) is 0 Å². The quantitative estimate of drug-likeness (QED) is 0.745. The Morgan fingerprint density at radius 3 is 2.00 bits per heavy atom. The van der Waals surface area contributed by atoms with Gasteiger partial charge in [-0.05, 0) is 40.7 Å². The number of hydrogen-bond donors (Lipinski definition) is 2. The zero-order chi connectivity index (χ0) is 12.3. The van der Waals surface area contributed by atoms with Gasteiger partial charge in [0.2, 0.25) is 0 Å². The van der Waals surface area contributed by atoms with E-state index in [0.29, 0.717) is 6.04 Å². The largest absolute Gasteiger partial charge is 0.313 e. The Morgan fingerprint density at radius 1 is 1.27 bits per heavy atom. The van der Waals surface area contributed by atoms with E-state index >= 15 is 0 Å². The van der Waals surface area contributed by atoms with E-state index in [0.717, 1.165) is 13.0 Å². The molecule has 1 saturated heterocycles. The Kier molecular flexibility index (Phi) is 5.24. The van der Waals surface area contributed by atoms with Crippen LogP contribution in [0.1, 0.15) is 54.9 Å². The topological polar surface area (TPSA) is 35.5 Å². The first-order valence-corrected chi connectivity index (χ1v) is 6.05. The van der Waals surface area contributed by atoms with E-state index in [1.165, 1.54) is 5.06 Å². The van der Waals surface area contributed by atoms with Crippen molar-refractivity contribution in [1.29, 1.82) is 0 Å². The fourth-order valence-electron chi connectivity index (χ4n) is 2.33. The molecule has 0 aliphatic carbocycles. The van der Waals surface area contributed by atoms with Crippen LogP contribution in [0, 0.1) is 0 Å². The molecule has 1 fully saturated rings. The number of hydrogen-bond acceptors (Lipinski definition) is 3. The molecule has 1 rings (SSSR count). The van der Waals surface area contributed by atoms with Crippen molar-refractivity contribution in [3.05, 3.63) is 0 Å². The van der Waals surface area contributed by atoms with E-state index in [2.05, 4.69) is 39.9 Å². The van der Waals surface area contributed by atoms with Gasteiger partial charge in [-0.25, -0.2) is 0 Å². The highest BCUT2D eigenvalue weighted by Crippen LogP contribution is 2.38. The molecule has 0 aromatic heterocycles. The Labute approximate surface area is 94.8 Å². The molecule has 0 spiro atoms. The molecule has 3 heteroatoms. The summed E-state index contributed by atoms with van der Waals surface area (Å²) >= 11 is 0. The van der Waals surface area contributed by atoms with Gasteiger partial charge in [0, 0.05) is 11.6 Å². The van der Waals surface area contributed by atoms with Crippen LogP contribution < -0.4 is 5.32 Å². The number of rotatable bonds is 2. The van der Waals surface area contributed by atoms with Crippen LogP contribution >= 0.6 is 0 Å². The van der Waals surface area contributed by atoms with Crippen molar-refractivity contribution < 1.29 is 5.21 Å². The third-order valence-corrected chi connectivity index (χ3v) is 3.13. The minimum Gasteiger partial charge on any atom is -0.313 e. The molecule has 1 unspecified atom stereocenters. The van der Waals surface area contributed by atoms with E-state index in [1.807, 2.05) is 13.8 Å². The molecule has 15 heavy (non-hydrogen) atoms. The monoisotopic (exact) mass is 216 g/mol. The molecule has 0 aromatic carbocycles. The van der Waals surface area contributed by atoms with Crippen LogP contribution in [0.3, 0.4) is 0 Å². The fraction of sp³-hybridized carbons (Fsp3) is 1.00. The second-order valence-electron chi connectivity index (χ2n) is 5.09. The molecule has 1 aliphatic heterocycles. The van der Waals surface area contributed by atoms with E-state index in [1.54, 1.807) is 0 Å². The molecular formula is C12H28N2O. The summed E-state index contributed by atoms with van der Waals surface area (Å²) in [6.07, 6.45) is 0.990. The lowest BCUT2D eigenvalue weighted by Crippen LogP contribution is -2.51. The van der Waals surface area contributed by atoms with Crippen LogP contribution in [0.15, 0.2) is 0 Å². The van der Waals surface area contributed by atoms with Crippen molar-refractivity contribution >= 4 is 0 Å². The highest BCUT2D eigenvalue weighted by atomic mass is 16.5. The summed E-state index contributed by atoms with van der Waals surface area (Å²) < 4.78 is 0. The third kappa shape index (κ3) is 2.92. The number of nitrogens with one attached hydrogen (secondary N) is 1. The minimum atomic E-state index is -0.167. The molecule has 0 radical (unpaired) electrons. The Hall–Kier alpha value is -0.120. The summed E-state index contributed by atoms with van der Waals surface area (Å²) in [7, 11) is 0. The summed E-state index contributed by atoms with van der Waals surface area (Å²) in [5, 5.41) is 14.9. The first-order valence-electron chi connectivity index (χ1n) is 6.05. The second-order valence-corrected chi connectivity index (χ2v) is 5.09. The Morgan fingerprint density at radius 2 is 1.73 bits per heavy atom. The SMILES string of the molecule is CC.CCNC1CC(C)(C)N(O)C1(C)C. The van der Waals surface area contributed by atoms with Gasteiger partial charge in [-0.2, -0.15) is 5.06 Å². The molecule has 1 heterocycles. The Balaban J connectivity index is 0.000000921. The zero-order valence-corrected chi connectivity index (χ0v) is 11.4. The van der Waals surface area contributed by atoms with E-state index < -0.39 is 0 Å². The predicted molar refractivity (Wildman–Crippen MR) is 65.2 cm³/mol. The van der Waals surface area contributed by atoms with Crippen molar-refractivity contribution in [3.8, 4) is 0 Å². The van der Waals surface area contributed by atoms with Gasteiger partial charge in [0.25, 0.3) is 0 Å². The molecule has 0 amide bonds. The van der Waals surface area contributed by atoms with Gasteiger partial charge in [0.1, 0.15) is 0 Å². The van der Waals surface area contributed by atoms with Gasteiger partial charge in [-0.15, -0.1) is 0 Å². The first-order chi connectivity index (χ1) is 6.82. The first kappa shape index (κ1) is 14.9. The molecule has 0 bridgehead atoms. The van der Waals surface area contributed by atoms with Crippen molar-refractivity contribution in [3.63, 3.8) is 0 Å². The zero-order valence-electron chi connectivity index (χ0n) is 11.4. The van der Waals surface area contributed by atoms with Gasteiger partial charge in [0.05, 0.1) is 5.54 Å². The predicted octanol–water partition coefficient (Wildman–Crippen LogP) is 2.64. The lowest BCUT2D eigenvalue weighted by atomic mass is 9.94. The van der Waals surface area contributed by atoms with Crippen LogP contribution in [-0.2, 0) is 0 Å². The summed E-state index contributed by atoms with van der Waals surface area (Å²) in [5.41, 5.74) is -0.282. The molecular weight excluding hydrogens is 188 g/mol. The normalized spacial score (nSPS) is 28.4. The maximum atomic E-state index is 9.98. The number of likely N-dealkylation sites (N-methyl/N-ethyl adjacent to an activating group) is 1. The number of nitrogens with zero attached hydrogens (tertiary/aromatic N) is 1. The van der Waals surface area contributed by atoms with Crippen molar-refractivity contribution in [2.24, 2.45) is 0 Å². The maximum absolute atomic E-state index is 9.98. The maximum Gasteiger partial charge on any atom is 0.0563 e. The average molecular weight is 216 g/mol. The molecule has 2 N–H and O–H groups in total. The molecule has 0 aromatic rings. The van der Waals surface area contributed by atoms with E-state index in [9.17, 15) is 5.21 Å². The van der Waals surface area contributed by atoms with Crippen LogP contribution in [0.4, 0.5) is 0 Å². The Bertz CT molecular complexity index is 190. The van der Waals surface area contributed by atoms with Gasteiger partial charge >= 0.3 is 0 Å². The van der Waals surface area contributed by atoms with E-state index in [-0.39, 0.29) is 11.1 Å². The lowest BCUT2D eigenvalue weighted by Gasteiger charge is -2.36. The van der Waals surface area contributed by atoms with Gasteiger partial charge in [-0.1, -0.05) is 20.8 Å². The lowest BCUT2D eigenvalue weighted by molar-refractivity contribution is -0.194. The second kappa shape index (κ2) is 5.28. The molecule has 1 aliphatic rings. The highest BCUT2D eigenvalue weighted by Gasteiger charge is 2.50. The molecule has 3 nitrogen and oxygen atoms in total. The van der Waals surface area contributed by atoms with Crippen LogP contribution in [-0.4, -0.2) is 33.9 Å². The number of hydroxylamine groups is 2. The smallest absolute Gasteiger partial charge is 0.0563 e. The fourth-order valence-corrected chi connectivity index (χ4v) is 2.33. The molecule has 92 valence electrons. The summed E-state index contributed by atoms with van der Waals surface area (Å²) in [4.78, 5) is 0. The van der Waals surface area contributed by atoms with Crippen molar-refractivity contribution in [2.45, 2.75) is 72.0 Å². The van der Waals surface area contributed by atoms with Crippen LogP contribution in [0.25, 0.3) is 0 Å². The van der Waals surface area contributed by atoms with Gasteiger partial charge < -0.3 is 10.5 Å². The highest BCUT2D eigenvalue weighted by molar-refractivity contribution is 5.05. The summed E-state index contributed by atoms with van der Waals surface area (Å²) in [6, 6.07) is 0.373. The minimum absolute atomic E-state index is 0.115. The van der Waals surface area contributed by atoms with Crippen LogP contribution in [0.5, 0.6) is 0 Å². The van der Waals surface area contributed by atoms with Gasteiger partial charge in [-0.3, -0.25) is 0 Å². The summed E-state index contributed by atoms with van der Waals surface area (Å²) in [6.45, 7) is 15.4. The van der Waals surface area contributed by atoms with Crippen molar-refractivity contribution in [2.75, 3.05) is 6.54 Å². The standard InChI is InChI=1S/C10H22N2O.C2H6/c1-6-11-8-7-9(2,3)12(13)10(8,4)5;1-2/h8,11,13H,6-7H2,1-5H3;1-2H3.